The number of H-pyrrole nitrogens is 1. The largest absolute Gasteiger partial charge is 0.379 e. The second-order valence-corrected chi connectivity index (χ2v) is 5.08. The van der Waals surface area contributed by atoms with Gasteiger partial charge in [-0.1, -0.05) is 18.2 Å². The van der Waals surface area contributed by atoms with E-state index in [9.17, 15) is 14.3 Å². The molecule has 1 atom stereocenters. The van der Waals surface area contributed by atoms with E-state index in [2.05, 4.69) is 10.2 Å². The fraction of sp³-hybridized carbons (Fsp3) is 0.200. The number of hydrogen-bond donors (Lipinski definition) is 2. The Morgan fingerprint density at radius 3 is 2.71 bits per heavy atom. The summed E-state index contributed by atoms with van der Waals surface area (Å²) in [5.41, 5.74) is -0.532. The Hall–Kier alpha value is -1.49. The van der Waals surface area contributed by atoms with Gasteiger partial charge >= 0.3 is 7.60 Å². The van der Waals surface area contributed by atoms with Crippen molar-refractivity contribution < 1.29 is 14.0 Å². The van der Waals surface area contributed by atoms with Crippen LogP contribution in [0.25, 0.3) is 10.8 Å². The molecule has 7 heteroatoms. The molecule has 1 aromatic carbocycles. The lowest BCUT2D eigenvalue weighted by molar-refractivity contribution is 0.283. The van der Waals surface area contributed by atoms with E-state index in [1.54, 1.807) is 31.2 Å². The van der Waals surface area contributed by atoms with Gasteiger partial charge in [0.15, 0.2) is 5.44 Å². The second-order valence-electron chi connectivity index (χ2n) is 3.36. The third-order valence-corrected chi connectivity index (χ3v) is 3.73. The van der Waals surface area contributed by atoms with Crippen molar-refractivity contribution in [1.29, 1.82) is 0 Å². The van der Waals surface area contributed by atoms with E-state index in [0.717, 1.165) is 0 Å². The van der Waals surface area contributed by atoms with Gasteiger partial charge in [0.2, 0.25) is 0 Å². The number of aromatic nitrogens is 2. The van der Waals surface area contributed by atoms with Crippen LogP contribution in [0.4, 0.5) is 0 Å². The molecule has 0 radical (unpaired) electrons. The van der Waals surface area contributed by atoms with Crippen molar-refractivity contribution in [2.75, 3.05) is 6.61 Å². The quantitative estimate of drug-likeness (QED) is 0.789. The molecule has 0 aliphatic heterocycles. The predicted octanol–water partition coefficient (Wildman–Crippen LogP) is 0.770. The van der Waals surface area contributed by atoms with Gasteiger partial charge < -0.3 is 9.42 Å². The number of benzene rings is 1. The number of rotatable bonds is 3. The molecule has 0 saturated carbocycles. The van der Waals surface area contributed by atoms with Gasteiger partial charge in [-0.25, -0.2) is 5.10 Å². The van der Waals surface area contributed by atoms with Crippen molar-refractivity contribution in [2.24, 2.45) is 0 Å². The number of fused-ring (bicyclic) bond motifs is 1. The third kappa shape index (κ3) is 2.15. The fourth-order valence-electron chi connectivity index (χ4n) is 1.55. The van der Waals surface area contributed by atoms with Crippen molar-refractivity contribution >= 4 is 23.8 Å². The number of hydrogen-bond acceptors (Lipinski definition) is 4. The molecule has 6 nitrogen and oxygen atoms in total. The van der Waals surface area contributed by atoms with Crippen LogP contribution in [0, 0.1) is 0 Å². The molecule has 90 valence electrons. The zero-order valence-electron chi connectivity index (χ0n) is 9.08. The standard InChI is InChI=1S/C10H11N2O4P/c1-2-16-17(14,15)10-8-6-4-3-5-7(8)9(13)11-12-10/h3-6H,2H2,1H3,(H,11,13)(H,14,15). The van der Waals surface area contributed by atoms with Gasteiger partial charge in [0.05, 0.1) is 12.0 Å². The monoisotopic (exact) mass is 254 g/mol. The van der Waals surface area contributed by atoms with Crippen molar-refractivity contribution in [1.82, 2.24) is 10.2 Å². The normalized spacial score (nSPS) is 14.7. The van der Waals surface area contributed by atoms with Crippen molar-refractivity contribution in [3.8, 4) is 0 Å². The first-order valence-corrected chi connectivity index (χ1v) is 6.59. The molecule has 1 unspecified atom stereocenters. The van der Waals surface area contributed by atoms with Crippen LogP contribution in [0.3, 0.4) is 0 Å². The summed E-state index contributed by atoms with van der Waals surface area (Å²) < 4.78 is 16.7. The van der Waals surface area contributed by atoms with E-state index in [-0.39, 0.29) is 12.0 Å². The highest BCUT2D eigenvalue weighted by molar-refractivity contribution is 7.61. The van der Waals surface area contributed by atoms with E-state index >= 15 is 0 Å². The lowest BCUT2D eigenvalue weighted by Gasteiger charge is -2.11. The van der Waals surface area contributed by atoms with Gasteiger partial charge in [0.25, 0.3) is 5.56 Å². The first-order chi connectivity index (χ1) is 8.06. The minimum Gasteiger partial charge on any atom is -0.320 e. The Labute approximate surface area is 96.8 Å². The molecular formula is C10H11N2O4P. The summed E-state index contributed by atoms with van der Waals surface area (Å²) in [6.07, 6.45) is 0. The molecule has 1 aromatic heterocycles. The minimum absolute atomic E-state index is 0.0862. The van der Waals surface area contributed by atoms with Crippen LogP contribution >= 0.6 is 7.60 Å². The highest BCUT2D eigenvalue weighted by Crippen LogP contribution is 2.40. The molecule has 0 aliphatic carbocycles. The molecule has 2 rings (SSSR count). The van der Waals surface area contributed by atoms with Crippen molar-refractivity contribution in [3.05, 3.63) is 34.6 Å². The molecule has 0 spiro atoms. The second kappa shape index (κ2) is 4.41. The Balaban J connectivity index is 2.76. The first kappa shape index (κ1) is 12.0. The highest BCUT2D eigenvalue weighted by atomic mass is 31.2. The Morgan fingerprint density at radius 2 is 2.06 bits per heavy atom. The maximum atomic E-state index is 11.9. The summed E-state index contributed by atoms with van der Waals surface area (Å²) in [6, 6.07) is 6.46. The van der Waals surface area contributed by atoms with Crippen molar-refractivity contribution in [3.63, 3.8) is 0 Å². The highest BCUT2D eigenvalue weighted by Gasteiger charge is 2.27. The van der Waals surface area contributed by atoms with Gasteiger partial charge in [-0.15, -0.1) is 0 Å². The van der Waals surface area contributed by atoms with Crippen LogP contribution in [0.2, 0.25) is 0 Å². The van der Waals surface area contributed by atoms with Crippen LogP contribution in [0.1, 0.15) is 6.92 Å². The molecule has 17 heavy (non-hydrogen) atoms. The average molecular weight is 254 g/mol. The van der Waals surface area contributed by atoms with Gasteiger partial charge in [-0.05, 0) is 13.0 Å². The number of nitrogens with one attached hydrogen (secondary N) is 1. The molecule has 2 aromatic rings. The molecule has 0 amide bonds. The molecular weight excluding hydrogens is 243 g/mol. The Morgan fingerprint density at radius 1 is 1.41 bits per heavy atom. The van der Waals surface area contributed by atoms with Crippen molar-refractivity contribution in [2.45, 2.75) is 6.92 Å². The van der Waals surface area contributed by atoms with Crippen LogP contribution in [-0.4, -0.2) is 21.7 Å². The van der Waals surface area contributed by atoms with Gasteiger partial charge in [-0.2, -0.15) is 5.10 Å². The van der Waals surface area contributed by atoms with E-state index in [1.807, 2.05) is 0 Å². The summed E-state index contributed by atoms with van der Waals surface area (Å²) >= 11 is 0. The Bertz CT molecular complexity index is 652. The average Bonchev–Trinajstić information content (AvgIpc) is 2.29. The lowest BCUT2D eigenvalue weighted by atomic mass is 10.2. The maximum Gasteiger partial charge on any atom is 0.379 e. The summed E-state index contributed by atoms with van der Waals surface area (Å²) in [6.45, 7) is 1.69. The van der Waals surface area contributed by atoms with Gasteiger partial charge in [-0.3, -0.25) is 9.36 Å². The van der Waals surface area contributed by atoms with E-state index in [0.29, 0.717) is 10.8 Å². The first-order valence-electron chi connectivity index (χ1n) is 5.01. The zero-order chi connectivity index (χ0) is 12.5. The fourth-order valence-corrected chi connectivity index (χ4v) is 2.70. The zero-order valence-corrected chi connectivity index (χ0v) is 9.98. The van der Waals surface area contributed by atoms with Crippen LogP contribution < -0.4 is 11.0 Å². The molecule has 0 aliphatic rings. The summed E-state index contributed by atoms with van der Waals surface area (Å²) in [4.78, 5) is 21.2. The summed E-state index contributed by atoms with van der Waals surface area (Å²) in [5, 5.41) is 6.45. The molecule has 0 saturated heterocycles. The van der Waals surface area contributed by atoms with Gasteiger partial charge in [0.1, 0.15) is 0 Å². The van der Waals surface area contributed by atoms with Crippen LogP contribution in [0.15, 0.2) is 29.1 Å². The van der Waals surface area contributed by atoms with Crippen LogP contribution in [0.5, 0.6) is 0 Å². The predicted molar refractivity (Wildman–Crippen MR) is 63.4 cm³/mol. The maximum absolute atomic E-state index is 11.9. The Kier molecular flexibility index (Phi) is 3.11. The SMILES string of the molecule is CCOP(=O)(O)c1n[nH]c(=O)c2ccccc12. The molecule has 0 bridgehead atoms. The van der Waals surface area contributed by atoms with E-state index in [1.165, 1.54) is 0 Å². The smallest absolute Gasteiger partial charge is 0.320 e. The topological polar surface area (TPSA) is 92.3 Å². The minimum atomic E-state index is -3.99. The lowest BCUT2D eigenvalue weighted by Crippen LogP contribution is -2.21. The molecule has 0 fully saturated rings. The summed E-state index contributed by atoms with van der Waals surface area (Å²) in [5.74, 6) is 0. The number of nitrogens with zero attached hydrogens (tertiary/aromatic N) is 1. The van der Waals surface area contributed by atoms with E-state index < -0.39 is 13.2 Å². The third-order valence-electron chi connectivity index (χ3n) is 2.25. The van der Waals surface area contributed by atoms with E-state index in [4.69, 9.17) is 4.52 Å². The van der Waals surface area contributed by atoms with Gasteiger partial charge in [0, 0.05) is 5.39 Å². The number of aromatic amines is 1. The molecule has 2 N–H and O–H groups in total. The summed E-state index contributed by atoms with van der Waals surface area (Å²) in [7, 11) is -3.99. The molecule has 1 heterocycles. The van der Waals surface area contributed by atoms with Crippen LogP contribution in [-0.2, 0) is 9.09 Å².